The molecule has 1 N–H and O–H groups in total. The summed E-state index contributed by atoms with van der Waals surface area (Å²) in [6.07, 6.45) is 2.66. The predicted octanol–water partition coefficient (Wildman–Crippen LogP) is 0.610. The van der Waals surface area contributed by atoms with Gasteiger partial charge in [-0.15, -0.1) is 0 Å². The molecule has 1 fully saturated rings. The number of aliphatic carboxylic acids is 1. The standard InChI is InChI=1S/C12H14O6S2/c1-19(15,16)9-4-3-8(7-10(9)20(2,17)18)12(5-6-12)11(13)14/h3-4,7H,5-6H2,1-2H3,(H,13,14). The summed E-state index contributed by atoms with van der Waals surface area (Å²) in [5, 5.41) is 9.21. The third-order valence-corrected chi connectivity index (χ3v) is 5.88. The van der Waals surface area contributed by atoms with Crippen molar-refractivity contribution < 1.29 is 26.7 Å². The molecule has 20 heavy (non-hydrogen) atoms. The highest BCUT2D eigenvalue weighted by molar-refractivity contribution is 7.93. The summed E-state index contributed by atoms with van der Waals surface area (Å²) in [6, 6.07) is 3.73. The highest BCUT2D eigenvalue weighted by Gasteiger charge is 2.52. The van der Waals surface area contributed by atoms with E-state index in [0.717, 1.165) is 12.5 Å². The van der Waals surface area contributed by atoms with Gasteiger partial charge in [0.25, 0.3) is 0 Å². The zero-order valence-corrected chi connectivity index (χ0v) is 12.6. The van der Waals surface area contributed by atoms with Gasteiger partial charge in [-0.2, -0.15) is 0 Å². The Labute approximate surface area is 117 Å². The van der Waals surface area contributed by atoms with Gasteiger partial charge in [0.2, 0.25) is 0 Å². The lowest BCUT2D eigenvalue weighted by Crippen LogP contribution is -2.20. The van der Waals surface area contributed by atoms with Crippen LogP contribution in [0.15, 0.2) is 28.0 Å². The van der Waals surface area contributed by atoms with Crippen LogP contribution in [0.1, 0.15) is 18.4 Å². The van der Waals surface area contributed by atoms with Crippen LogP contribution in [0, 0.1) is 0 Å². The molecule has 1 saturated carbocycles. The smallest absolute Gasteiger partial charge is 0.314 e. The number of sulfone groups is 2. The molecule has 0 heterocycles. The quantitative estimate of drug-likeness (QED) is 0.872. The van der Waals surface area contributed by atoms with Crippen LogP contribution in [0.4, 0.5) is 0 Å². The van der Waals surface area contributed by atoms with Crippen LogP contribution in [-0.2, 0) is 29.9 Å². The molecule has 0 bridgehead atoms. The van der Waals surface area contributed by atoms with E-state index in [4.69, 9.17) is 0 Å². The van der Waals surface area contributed by atoms with Gasteiger partial charge in [0.05, 0.1) is 15.2 Å². The third kappa shape index (κ3) is 2.45. The Morgan fingerprint density at radius 1 is 1.05 bits per heavy atom. The molecule has 110 valence electrons. The molecule has 1 aromatic carbocycles. The van der Waals surface area contributed by atoms with Crippen molar-refractivity contribution >= 4 is 25.6 Å². The van der Waals surface area contributed by atoms with Gasteiger partial charge in [-0.3, -0.25) is 4.79 Å². The van der Waals surface area contributed by atoms with Gasteiger partial charge >= 0.3 is 5.97 Å². The molecule has 0 amide bonds. The lowest BCUT2D eigenvalue weighted by molar-refractivity contribution is -0.140. The minimum Gasteiger partial charge on any atom is -0.481 e. The monoisotopic (exact) mass is 318 g/mol. The van der Waals surface area contributed by atoms with Crippen LogP contribution >= 0.6 is 0 Å². The first-order valence-electron chi connectivity index (χ1n) is 5.76. The first-order chi connectivity index (χ1) is 8.98. The maximum absolute atomic E-state index is 11.8. The molecule has 0 radical (unpaired) electrons. The Hall–Kier alpha value is -1.41. The van der Waals surface area contributed by atoms with Crippen LogP contribution in [0.2, 0.25) is 0 Å². The van der Waals surface area contributed by atoms with Crippen molar-refractivity contribution in [3.05, 3.63) is 23.8 Å². The lowest BCUT2D eigenvalue weighted by Gasteiger charge is -2.13. The minimum atomic E-state index is -3.77. The second kappa shape index (κ2) is 4.29. The largest absolute Gasteiger partial charge is 0.481 e. The fourth-order valence-corrected chi connectivity index (χ4v) is 4.58. The van der Waals surface area contributed by atoms with Crippen molar-refractivity contribution in [3.8, 4) is 0 Å². The molecule has 0 spiro atoms. The Bertz CT molecular complexity index is 785. The average molecular weight is 318 g/mol. The SMILES string of the molecule is CS(=O)(=O)c1ccc(C2(C(=O)O)CC2)cc1S(C)(=O)=O. The minimum absolute atomic E-state index is 0.301. The second-order valence-corrected chi connectivity index (χ2v) is 9.06. The van der Waals surface area contributed by atoms with E-state index >= 15 is 0 Å². The van der Waals surface area contributed by atoms with Crippen LogP contribution in [-0.4, -0.2) is 40.4 Å². The normalized spacial score (nSPS) is 17.7. The molecule has 0 aromatic heterocycles. The number of carboxylic acids is 1. The summed E-state index contributed by atoms with van der Waals surface area (Å²) in [7, 11) is -7.47. The second-order valence-electron chi connectivity index (χ2n) is 5.09. The van der Waals surface area contributed by atoms with Crippen LogP contribution < -0.4 is 0 Å². The van der Waals surface area contributed by atoms with Crippen molar-refractivity contribution in [2.75, 3.05) is 12.5 Å². The molecule has 1 aromatic rings. The van der Waals surface area contributed by atoms with Crippen molar-refractivity contribution in [2.24, 2.45) is 0 Å². The summed E-state index contributed by atoms with van der Waals surface area (Å²) in [6.45, 7) is 0. The van der Waals surface area contributed by atoms with E-state index < -0.39 is 31.1 Å². The molecule has 0 saturated heterocycles. The fraction of sp³-hybridized carbons (Fsp3) is 0.417. The van der Waals surface area contributed by atoms with Gasteiger partial charge in [0, 0.05) is 12.5 Å². The maximum atomic E-state index is 11.8. The zero-order chi connectivity index (χ0) is 15.3. The van der Waals surface area contributed by atoms with E-state index in [2.05, 4.69) is 0 Å². The number of carboxylic acid groups (broad SMARTS) is 1. The van der Waals surface area contributed by atoms with E-state index in [1.165, 1.54) is 18.2 Å². The number of carbonyl (C=O) groups is 1. The van der Waals surface area contributed by atoms with Gasteiger partial charge in [-0.1, -0.05) is 6.07 Å². The lowest BCUT2D eigenvalue weighted by atomic mass is 9.96. The van der Waals surface area contributed by atoms with Crippen molar-refractivity contribution in [2.45, 2.75) is 28.0 Å². The van der Waals surface area contributed by atoms with E-state index in [1.807, 2.05) is 0 Å². The van der Waals surface area contributed by atoms with Crippen molar-refractivity contribution in [3.63, 3.8) is 0 Å². The molecule has 1 aliphatic carbocycles. The Morgan fingerprint density at radius 2 is 1.55 bits per heavy atom. The van der Waals surface area contributed by atoms with Crippen LogP contribution in [0.25, 0.3) is 0 Å². The Morgan fingerprint density at radius 3 is 1.90 bits per heavy atom. The molecule has 8 heteroatoms. The van der Waals surface area contributed by atoms with E-state index in [-0.39, 0.29) is 9.79 Å². The number of rotatable bonds is 4. The van der Waals surface area contributed by atoms with Gasteiger partial charge in [0.15, 0.2) is 19.7 Å². The summed E-state index contributed by atoms with van der Waals surface area (Å²) in [5.74, 6) is -1.02. The predicted molar refractivity (Wildman–Crippen MR) is 71.2 cm³/mol. The number of hydrogen-bond donors (Lipinski definition) is 1. The Kier molecular flexibility index (Phi) is 3.22. The molecular formula is C12H14O6S2. The number of benzene rings is 1. The first-order valence-corrected chi connectivity index (χ1v) is 9.55. The Balaban J connectivity index is 2.72. The number of hydrogen-bond acceptors (Lipinski definition) is 5. The fourth-order valence-electron chi connectivity index (χ4n) is 2.15. The molecular weight excluding hydrogens is 304 g/mol. The maximum Gasteiger partial charge on any atom is 0.314 e. The van der Waals surface area contributed by atoms with Gasteiger partial charge in [-0.25, -0.2) is 16.8 Å². The zero-order valence-electron chi connectivity index (χ0n) is 11.0. The third-order valence-electron chi connectivity index (χ3n) is 3.45. The molecule has 2 rings (SSSR count). The highest BCUT2D eigenvalue weighted by Crippen LogP contribution is 2.49. The van der Waals surface area contributed by atoms with Crippen molar-refractivity contribution in [1.29, 1.82) is 0 Å². The molecule has 0 unspecified atom stereocenters. The highest BCUT2D eigenvalue weighted by atomic mass is 32.2. The van der Waals surface area contributed by atoms with Crippen LogP contribution in [0.5, 0.6) is 0 Å². The summed E-state index contributed by atoms with van der Waals surface area (Å²) in [4.78, 5) is 10.6. The molecule has 6 nitrogen and oxygen atoms in total. The molecule has 0 aliphatic heterocycles. The average Bonchev–Trinajstić information content (AvgIpc) is 3.06. The first kappa shape index (κ1) is 15.0. The molecule has 1 aliphatic rings. The topological polar surface area (TPSA) is 106 Å². The molecule has 0 atom stereocenters. The van der Waals surface area contributed by atoms with Gasteiger partial charge < -0.3 is 5.11 Å². The van der Waals surface area contributed by atoms with E-state index in [0.29, 0.717) is 18.4 Å². The van der Waals surface area contributed by atoms with Crippen LogP contribution in [0.3, 0.4) is 0 Å². The van der Waals surface area contributed by atoms with Crippen molar-refractivity contribution in [1.82, 2.24) is 0 Å². The summed E-state index contributed by atoms with van der Waals surface area (Å²) in [5.41, 5.74) is -0.743. The van der Waals surface area contributed by atoms with Gasteiger partial charge in [0.1, 0.15) is 0 Å². The van der Waals surface area contributed by atoms with E-state index in [9.17, 15) is 26.7 Å². The summed E-state index contributed by atoms with van der Waals surface area (Å²) >= 11 is 0. The summed E-state index contributed by atoms with van der Waals surface area (Å²) < 4.78 is 46.8. The van der Waals surface area contributed by atoms with E-state index in [1.54, 1.807) is 0 Å². The van der Waals surface area contributed by atoms with Gasteiger partial charge in [-0.05, 0) is 30.5 Å².